The molecule has 0 saturated heterocycles. The molecule has 0 aromatic carbocycles. The third-order valence-electron chi connectivity index (χ3n) is 1.74. The normalized spacial score (nSPS) is 23.2. The maximum absolute atomic E-state index is 14.0. The molecule has 0 radical (unpaired) electrons. The van der Waals surface area contributed by atoms with E-state index in [-0.39, 0.29) is 0 Å². The number of hydrogen-bond acceptors (Lipinski definition) is 1. The van der Waals surface area contributed by atoms with E-state index in [1.807, 2.05) is 13.3 Å². The zero-order valence-electron chi connectivity index (χ0n) is 7.03. The molecule has 2 atom stereocenters. The van der Waals surface area contributed by atoms with Gasteiger partial charge in [0.15, 0.2) is 0 Å². The van der Waals surface area contributed by atoms with Gasteiger partial charge in [-0.15, -0.1) is 0 Å². The average Bonchev–Trinajstić information content (AvgIpc) is 1.59. The maximum atomic E-state index is 14.0. The first-order chi connectivity index (χ1) is 4.46. The summed E-state index contributed by atoms with van der Waals surface area (Å²) < 4.78 is 11.7. The van der Waals surface area contributed by atoms with E-state index in [4.69, 9.17) is 5.16 Å². The molecule has 0 heterocycles. The van der Waals surface area contributed by atoms with Crippen LogP contribution in [0.4, 0.5) is 4.39 Å². The summed E-state index contributed by atoms with van der Waals surface area (Å²) in [5.41, 5.74) is 0. The van der Waals surface area contributed by atoms with E-state index in [0.717, 1.165) is 0 Å². The Morgan fingerprint density at radius 1 is 1.45 bits per heavy atom. The molecule has 1 nitrogen and oxygen atoms in total. The predicted octanol–water partition coefficient (Wildman–Crippen LogP) is 5.02. The fourth-order valence-corrected chi connectivity index (χ4v) is 9.55. The van der Waals surface area contributed by atoms with Gasteiger partial charge in [0, 0.05) is 0 Å². The molecule has 0 aliphatic rings. The van der Waals surface area contributed by atoms with Crippen molar-refractivity contribution in [1.29, 1.82) is 5.16 Å². The van der Waals surface area contributed by atoms with Gasteiger partial charge in [0.05, 0.1) is 0 Å². The monoisotopic (exact) mass is 422 g/mol. The van der Waals surface area contributed by atoms with Crippen molar-refractivity contribution in [2.24, 2.45) is 0 Å². The third kappa shape index (κ3) is 2.96. The van der Waals surface area contributed by atoms with Gasteiger partial charge in [0.25, 0.3) is 0 Å². The zero-order valence-corrected chi connectivity index (χ0v) is 13.1. The van der Waals surface area contributed by atoms with Crippen LogP contribution >= 0.6 is 53.7 Å². The Kier molecular flexibility index (Phi) is 3.81. The van der Waals surface area contributed by atoms with Crippen LogP contribution in [0, 0.1) is 5.16 Å². The summed E-state index contributed by atoms with van der Waals surface area (Å²) in [4.78, 5) is 0. The van der Waals surface area contributed by atoms with E-state index in [1.165, 1.54) is 0 Å². The van der Waals surface area contributed by atoms with Gasteiger partial charge in [-0.3, -0.25) is 0 Å². The molecule has 0 rings (SSSR count). The van der Waals surface area contributed by atoms with Gasteiger partial charge in [-0.1, -0.05) is 0 Å². The molecule has 0 aromatic rings. The van der Waals surface area contributed by atoms with Gasteiger partial charge in [-0.25, -0.2) is 0 Å². The fraction of sp³-hybridized carbons (Fsp3) is 1.00. The molecule has 2 unspecified atom stereocenters. The van der Waals surface area contributed by atoms with Gasteiger partial charge in [-0.2, -0.15) is 0 Å². The first kappa shape index (κ1) is 12.9. The second-order valence-corrected chi connectivity index (χ2v) is 32.9. The summed E-state index contributed by atoms with van der Waals surface area (Å²) in [7, 11) is -1.25. The van der Waals surface area contributed by atoms with Crippen LogP contribution in [-0.4, -0.2) is 25.1 Å². The molecule has 0 aliphatic carbocycles. The number of halogens is 3. The second kappa shape index (κ2) is 3.25. The molecule has 11 heavy (non-hydrogen) atoms. The summed E-state index contributed by atoms with van der Waals surface area (Å²) in [6.45, 7) is 7.17. The molecule has 1 N–H and O–H groups in total. The first-order valence-electron chi connectivity index (χ1n) is 3.04. The van der Waals surface area contributed by atoms with E-state index in [1.54, 1.807) is 13.6 Å². The first-order valence-corrected chi connectivity index (χ1v) is 13.5. The average molecular weight is 422 g/mol. The third-order valence-corrected chi connectivity index (χ3v) is 15.6. The van der Waals surface area contributed by atoms with Gasteiger partial charge in [-0.05, 0) is 0 Å². The van der Waals surface area contributed by atoms with E-state index >= 15 is 0 Å². The van der Waals surface area contributed by atoms with Gasteiger partial charge < -0.3 is 0 Å². The van der Waals surface area contributed by atoms with Crippen molar-refractivity contribution in [1.82, 2.24) is 0 Å². The van der Waals surface area contributed by atoms with E-state index in [0.29, 0.717) is 0 Å². The van der Waals surface area contributed by atoms with Crippen LogP contribution < -0.4 is 0 Å². The standard InChI is InChI=1S/C5H13FI2NP2/c1-5(6,10(2)9)11(3,4,7)8/h9H,1-4H3/q+1. The summed E-state index contributed by atoms with van der Waals surface area (Å²) in [6.07, 6.45) is 0. The quantitative estimate of drug-likeness (QED) is 0.478. The van der Waals surface area contributed by atoms with Gasteiger partial charge in [0.2, 0.25) is 0 Å². The summed E-state index contributed by atoms with van der Waals surface area (Å²) >= 11 is 4.41. The molecule has 0 amide bonds. The number of hydrogen-bond donors (Lipinski definition) is 1. The Labute approximate surface area is 94.4 Å². The van der Waals surface area contributed by atoms with Crippen LogP contribution in [0.3, 0.4) is 0 Å². The van der Waals surface area contributed by atoms with Crippen molar-refractivity contribution in [3.8, 4) is 0 Å². The Morgan fingerprint density at radius 3 is 1.73 bits per heavy atom. The zero-order chi connectivity index (χ0) is 9.52. The van der Waals surface area contributed by atoms with Crippen LogP contribution in [0.15, 0.2) is 0 Å². The number of alkyl halides is 1. The van der Waals surface area contributed by atoms with Crippen molar-refractivity contribution >= 4 is 53.7 Å². The second-order valence-electron chi connectivity index (χ2n) is 3.27. The van der Waals surface area contributed by atoms with E-state index < -0.39 is 14.8 Å². The van der Waals surface area contributed by atoms with Gasteiger partial charge in [0.1, 0.15) is 0 Å². The summed E-state index contributed by atoms with van der Waals surface area (Å²) in [6, 6.07) is 0. The van der Waals surface area contributed by atoms with Gasteiger partial charge >= 0.3 is 95.3 Å². The molecular weight excluding hydrogens is 409 g/mol. The van der Waals surface area contributed by atoms with Crippen molar-refractivity contribution in [3.63, 3.8) is 0 Å². The van der Waals surface area contributed by atoms with E-state index in [9.17, 15) is 4.39 Å². The topological polar surface area (TPSA) is 23.9 Å². The van der Waals surface area contributed by atoms with Crippen molar-refractivity contribution in [3.05, 3.63) is 0 Å². The molecule has 0 fully saturated rings. The molecule has 0 saturated carbocycles. The SMILES string of the molecule is C[P+](=N)C(C)(F)P(C)(C)(I)I. The van der Waals surface area contributed by atoms with Crippen LogP contribution in [0.5, 0.6) is 0 Å². The Bertz CT molecular complexity index is 187. The Balaban J connectivity index is 5.01. The molecule has 6 heteroatoms. The predicted molar refractivity (Wildman–Crippen MR) is 71.9 cm³/mol. The molecule has 68 valence electrons. The Hall–Kier alpha value is 1.92. The van der Waals surface area contributed by atoms with E-state index in [2.05, 4.69) is 44.1 Å². The number of rotatable bonds is 2. The summed E-state index contributed by atoms with van der Waals surface area (Å²) in [5.74, 6) is 0. The van der Waals surface area contributed by atoms with Crippen LogP contribution in [0.2, 0.25) is 0 Å². The number of nitrogens with one attached hydrogen (secondary N) is 1. The van der Waals surface area contributed by atoms with Crippen LogP contribution in [0.25, 0.3) is 0 Å². The summed E-state index contributed by atoms with van der Waals surface area (Å²) in [5, 5.41) is 6.18. The molecule has 0 aromatic heterocycles. The van der Waals surface area contributed by atoms with Crippen molar-refractivity contribution in [2.45, 2.75) is 12.1 Å². The van der Waals surface area contributed by atoms with Crippen LogP contribution in [-0.2, 0) is 0 Å². The van der Waals surface area contributed by atoms with Crippen molar-refractivity contribution < 1.29 is 4.39 Å². The van der Waals surface area contributed by atoms with Crippen LogP contribution in [0.1, 0.15) is 6.92 Å². The molecule has 0 aliphatic heterocycles. The fourth-order valence-electron chi connectivity index (χ4n) is 0.413. The Morgan fingerprint density at radius 2 is 1.73 bits per heavy atom. The molecular formula is C5H13FI2NP2+. The molecule has 0 spiro atoms. The minimum absolute atomic E-state index is 1.25. The minimum atomic E-state index is -2.30. The molecule has 0 bridgehead atoms. The van der Waals surface area contributed by atoms with Crippen molar-refractivity contribution in [2.75, 3.05) is 20.0 Å².